The van der Waals surface area contributed by atoms with Crippen molar-refractivity contribution in [2.24, 2.45) is 0 Å². The third kappa shape index (κ3) is 6.56. The summed E-state index contributed by atoms with van der Waals surface area (Å²) in [5.74, 6) is 2.66. The van der Waals surface area contributed by atoms with Gasteiger partial charge in [0.1, 0.15) is 0 Å². The Morgan fingerprint density at radius 1 is 1.16 bits per heavy atom. The second-order valence-electron chi connectivity index (χ2n) is 6.60. The Kier molecular flexibility index (Phi) is 8.06. The smallest absolute Gasteiger partial charge is 0.220 e. The number of rotatable bonds is 9. The Morgan fingerprint density at radius 3 is 2.68 bits per heavy atom. The molecular formula is C21H26NOS2. The maximum atomic E-state index is 12.4. The van der Waals surface area contributed by atoms with E-state index in [1.54, 1.807) is 0 Å². The fourth-order valence-electron chi connectivity index (χ4n) is 3.21. The summed E-state index contributed by atoms with van der Waals surface area (Å²) < 4.78 is 0. The number of carbonyl (C=O) groups excluding carboxylic acids is 1. The highest BCUT2D eigenvalue weighted by Crippen LogP contribution is 2.39. The lowest BCUT2D eigenvalue weighted by Crippen LogP contribution is -2.40. The van der Waals surface area contributed by atoms with Crippen molar-refractivity contribution in [3.8, 4) is 0 Å². The molecule has 1 aliphatic carbocycles. The Morgan fingerprint density at radius 2 is 1.96 bits per heavy atom. The molecule has 1 amide bonds. The molecule has 2 atom stereocenters. The van der Waals surface area contributed by atoms with E-state index in [4.69, 9.17) is 0 Å². The molecule has 2 fully saturated rings. The number of carbonyl (C=O) groups is 1. The van der Waals surface area contributed by atoms with Crippen molar-refractivity contribution in [2.75, 3.05) is 5.75 Å². The molecule has 1 saturated heterocycles. The number of hydrogen-bond donors (Lipinski definition) is 1. The van der Waals surface area contributed by atoms with Crippen LogP contribution >= 0.6 is 21.6 Å². The quantitative estimate of drug-likeness (QED) is 0.497. The normalized spacial score (nSPS) is 22.2. The van der Waals surface area contributed by atoms with E-state index >= 15 is 0 Å². The zero-order valence-electron chi connectivity index (χ0n) is 14.5. The van der Waals surface area contributed by atoms with Crippen LogP contribution in [0.3, 0.4) is 0 Å². The van der Waals surface area contributed by atoms with Crippen LogP contribution in [0.15, 0.2) is 30.3 Å². The summed E-state index contributed by atoms with van der Waals surface area (Å²) in [5, 5.41) is 4.06. The van der Waals surface area contributed by atoms with Gasteiger partial charge in [0.15, 0.2) is 0 Å². The molecule has 2 nitrogen and oxygen atoms in total. The summed E-state index contributed by atoms with van der Waals surface area (Å²) >= 11 is 0. The summed E-state index contributed by atoms with van der Waals surface area (Å²) in [6.45, 7) is 0. The van der Waals surface area contributed by atoms with E-state index in [1.807, 2.05) is 40.5 Å². The van der Waals surface area contributed by atoms with Gasteiger partial charge in [0, 0.05) is 29.4 Å². The van der Waals surface area contributed by atoms with Crippen LogP contribution in [0.5, 0.6) is 0 Å². The summed E-state index contributed by atoms with van der Waals surface area (Å²) in [4.78, 5) is 12.4. The SMILES string of the molecule is O=C(CCCCC1CCSS1)N[C@H](Cc1ccccc1)[C]1[CH][CH][CH][CH]1. The summed E-state index contributed by atoms with van der Waals surface area (Å²) in [5.41, 5.74) is 1.25. The molecule has 2 aliphatic rings. The third-order valence-electron chi connectivity index (χ3n) is 4.62. The van der Waals surface area contributed by atoms with Gasteiger partial charge in [0.2, 0.25) is 5.91 Å². The average molecular weight is 373 g/mol. The maximum Gasteiger partial charge on any atom is 0.220 e. The molecule has 5 radical (unpaired) electrons. The molecule has 4 heteroatoms. The maximum absolute atomic E-state index is 12.4. The predicted molar refractivity (Wildman–Crippen MR) is 109 cm³/mol. The molecule has 1 N–H and O–H groups in total. The first-order valence-corrected chi connectivity index (χ1v) is 11.5. The van der Waals surface area contributed by atoms with Crippen molar-refractivity contribution in [1.82, 2.24) is 5.32 Å². The number of hydrogen-bond acceptors (Lipinski definition) is 3. The van der Waals surface area contributed by atoms with Gasteiger partial charge in [-0.2, -0.15) is 0 Å². The molecule has 0 bridgehead atoms. The highest BCUT2D eigenvalue weighted by Gasteiger charge is 2.27. The standard InChI is InChI=1S/C21H26NOS2/c23-21(13-7-6-12-19-14-15-24-25-19)22-20(18-10-4-5-11-18)16-17-8-2-1-3-9-17/h1-5,8-11,19-20H,6-7,12-16H2,(H,22,23)/t19?,20-/m1/s1. The first-order chi connectivity index (χ1) is 12.3. The van der Waals surface area contributed by atoms with Gasteiger partial charge in [-0.3, -0.25) is 4.79 Å². The molecule has 1 aromatic rings. The molecule has 3 rings (SSSR count). The van der Waals surface area contributed by atoms with Crippen molar-refractivity contribution < 1.29 is 4.79 Å². The lowest BCUT2D eigenvalue weighted by molar-refractivity contribution is -0.121. The van der Waals surface area contributed by atoms with E-state index in [0.29, 0.717) is 6.42 Å². The van der Waals surface area contributed by atoms with Crippen LogP contribution < -0.4 is 5.32 Å². The van der Waals surface area contributed by atoms with Gasteiger partial charge in [-0.05, 0) is 56.9 Å². The Labute approximate surface area is 160 Å². The van der Waals surface area contributed by atoms with E-state index in [-0.39, 0.29) is 11.9 Å². The molecule has 0 spiro atoms. The first kappa shape index (κ1) is 19.2. The second-order valence-corrected chi connectivity index (χ2v) is 9.39. The molecule has 1 unspecified atom stereocenters. The number of nitrogens with one attached hydrogen (secondary N) is 1. The van der Waals surface area contributed by atoms with Crippen LogP contribution in [0, 0.1) is 31.6 Å². The van der Waals surface area contributed by atoms with E-state index in [9.17, 15) is 4.79 Å². The van der Waals surface area contributed by atoms with Gasteiger partial charge in [-0.25, -0.2) is 0 Å². The number of amides is 1. The summed E-state index contributed by atoms with van der Waals surface area (Å²) in [6, 6.07) is 10.4. The third-order valence-corrected chi connectivity index (χ3v) is 7.62. The van der Waals surface area contributed by atoms with Gasteiger partial charge in [-0.1, -0.05) is 58.3 Å². The van der Waals surface area contributed by atoms with Crippen LogP contribution in [0.25, 0.3) is 0 Å². The van der Waals surface area contributed by atoms with Crippen molar-refractivity contribution in [1.29, 1.82) is 0 Å². The van der Waals surface area contributed by atoms with Crippen molar-refractivity contribution in [3.05, 3.63) is 67.5 Å². The molecule has 1 aliphatic heterocycles. The highest BCUT2D eigenvalue weighted by atomic mass is 33.1. The predicted octanol–water partition coefficient (Wildman–Crippen LogP) is 4.83. The minimum absolute atomic E-state index is 0.0617. The molecule has 1 aromatic carbocycles. The fraction of sp³-hybridized carbons (Fsp3) is 0.429. The van der Waals surface area contributed by atoms with E-state index in [1.165, 1.54) is 30.1 Å². The minimum Gasteiger partial charge on any atom is -0.352 e. The number of unbranched alkanes of at least 4 members (excludes halogenated alkanes) is 1. The Bertz CT molecular complexity index is 510. The molecule has 133 valence electrons. The topological polar surface area (TPSA) is 29.1 Å². The zero-order valence-corrected chi connectivity index (χ0v) is 16.2. The van der Waals surface area contributed by atoms with E-state index in [2.05, 4.69) is 42.4 Å². The van der Waals surface area contributed by atoms with Gasteiger partial charge < -0.3 is 5.32 Å². The summed E-state index contributed by atoms with van der Waals surface area (Å²) in [7, 11) is 4.02. The Balaban J connectivity index is 1.42. The van der Waals surface area contributed by atoms with Crippen LogP contribution in [-0.4, -0.2) is 23.0 Å². The minimum atomic E-state index is 0.0617. The molecule has 0 aromatic heterocycles. The lowest BCUT2D eigenvalue weighted by Gasteiger charge is -2.24. The second kappa shape index (κ2) is 10.5. The largest absolute Gasteiger partial charge is 0.352 e. The van der Waals surface area contributed by atoms with Crippen molar-refractivity contribution in [2.45, 2.75) is 49.8 Å². The number of benzene rings is 1. The zero-order chi connectivity index (χ0) is 17.3. The fourth-order valence-corrected chi connectivity index (χ4v) is 6.24. The van der Waals surface area contributed by atoms with Crippen LogP contribution in [0.2, 0.25) is 0 Å². The van der Waals surface area contributed by atoms with Gasteiger partial charge in [0.25, 0.3) is 0 Å². The molecular weight excluding hydrogens is 346 g/mol. The van der Waals surface area contributed by atoms with Crippen LogP contribution in [-0.2, 0) is 11.2 Å². The first-order valence-electron chi connectivity index (χ1n) is 9.14. The van der Waals surface area contributed by atoms with E-state index < -0.39 is 0 Å². The van der Waals surface area contributed by atoms with Crippen molar-refractivity contribution >= 4 is 27.5 Å². The van der Waals surface area contributed by atoms with E-state index in [0.717, 1.165) is 24.5 Å². The Hall–Kier alpha value is -0.610. The van der Waals surface area contributed by atoms with Gasteiger partial charge >= 0.3 is 0 Å². The molecule has 1 saturated carbocycles. The monoisotopic (exact) mass is 372 g/mol. The summed E-state index contributed by atoms with van der Waals surface area (Å²) in [6.07, 6.45) is 14.5. The van der Waals surface area contributed by atoms with Gasteiger partial charge in [0.05, 0.1) is 0 Å². The lowest BCUT2D eigenvalue weighted by atomic mass is 9.92. The highest BCUT2D eigenvalue weighted by molar-refractivity contribution is 8.77. The van der Waals surface area contributed by atoms with Crippen LogP contribution in [0.1, 0.15) is 37.7 Å². The molecule has 25 heavy (non-hydrogen) atoms. The van der Waals surface area contributed by atoms with Crippen LogP contribution in [0.4, 0.5) is 0 Å². The van der Waals surface area contributed by atoms with Crippen molar-refractivity contribution in [3.63, 3.8) is 0 Å². The molecule has 1 heterocycles. The van der Waals surface area contributed by atoms with Gasteiger partial charge in [-0.15, -0.1) is 0 Å². The average Bonchev–Trinajstić information content (AvgIpc) is 3.33.